The summed E-state index contributed by atoms with van der Waals surface area (Å²) in [5, 5.41) is 6.81. The number of allylic oxidation sites excluding steroid dienone is 1. The van der Waals surface area contributed by atoms with Gasteiger partial charge in [-0.25, -0.2) is 4.98 Å². The first-order valence-corrected chi connectivity index (χ1v) is 9.49. The average Bonchev–Trinajstić information content (AvgIpc) is 3.19. The van der Waals surface area contributed by atoms with Gasteiger partial charge in [-0.2, -0.15) is 0 Å². The van der Waals surface area contributed by atoms with Crippen molar-refractivity contribution in [3.63, 3.8) is 0 Å². The van der Waals surface area contributed by atoms with Crippen LogP contribution in [-0.4, -0.2) is 29.1 Å². The SMILES string of the molecule is CN=C(NCCC1=CCCCC1)NCc1ccc(Cn2ccnc2)cc1. The lowest BCUT2D eigenvalue weighted by Crippen LogP contribution is -2.37. The minimum absolute atomic E-state index is 0.772. The van der Waals surface area contributed by atoms with Gasteiger partial charge in [-0.15, -0.1) is 0 Å². The van der Waals surface area contributed by atoms with Crippen molar-refractivity contribution in [1.29, 1.82) is 0 Å². The summed E-state index contributed by atoms with van der Waals surface area (Å²) in [4.78, 5) is 8.40. The fourth-order valence-corrected chi connectivity index (χ4v) is 3.23. The molecule has 0 amide bonds. The number of aliphatic imine (C=N–C) groups is 1. The minimum atomic E-state index is 0.772. The molecule has 2 N–H and O–H groups in total. The normalized spacial score (nSPS) is 14.8. The van der Waals surface area contributed by atoms with Crippen molar-refractivity contribution in [3.05, 3.63) is 65.8 Å². The first-order valence-electron chi connectivity index (χ1n) is 9.49. The summed E-state index contributed by atoms with van der Waals surface area (Å²) < 4.78 is 2.07. The molecule has 0 bridgehead atoms. The van der Waals surface area contributed by atoms with E-state index in [2.05, 4.69) is 55.5 Å². The third-order valence-electron chi connectivity index (χ3n) is 4.75. The van der Waals surface area contributed by atoms with Gasteiger partial charge < -0.3 is 15.2 Å². The Morgan fingerprint density at radius 1 is 1.15 bits per heavy atom. The Morgan fingerprint density at radius 3 is 2.69 bits per heavy atom. The van der Waals surface area contributed by atoms with Gasteiger partial charge in [0.15, 0.2) is 5.96 Å². The molecule has 5 nitrogen and oxygen atoms in total. The van der Waals surface area contributed by atoms with Crippen LogP contribution in [0.2, 0.25) is 0 Å². The molecule has 0 unspecified atom stereocenters. The average molecular weight is 351 g/mol. The number of imidazole rings is 1. The molecule has 26 heavy (non-hydrogen) atoms. The Labute approximate surface area is 156 Å². The largest absolute Gasteiger partial charge is 0.356 e. The molecule has 0 saturated carbocycles. The summed E-state index contributed by atoms with van der Waals surface area (Å²) in [5.41, 5.74) is 4.11. The highest BCUT2D eigenvalue weighted by Crippen LogP contribution is 2.19. The Kier molecular flexibility index (Phi) is 6.88. The second-order valence-corrected chi connectivity index (χ2v) is 6.76. The predicted octanol–water partition coefficient (Wildman–Crippen LogP) is 3.49. The first-order chi connectivity index (χ1) is 12.8. The van der Waals surface area contributed by atoms with E-state index in [0.29, 0.717) is 0 Å². The van der Waals surface area contributed by atoms with E-state index in [1.807, 2.05) is 25.8 Å². The maximum atomic E-state index is 4.32. The van der Waals surface area contributed by atoms with Crippen LogP contribution in [0.25, 0.3) is 0 Å². The molecule has 0 atom stereocenters. The van der Waals surface area contributed by atoms with Crippen LogP contribution < -0.4 is 10.6 Å². The van der Waals surface area contributed by atoms with Crippen molar-refractivity contribution < 1.29 is 0 Å². The molecule has 138 valence electrons. The molecule has 1 aliphatic rings. The van der Waals surface area contributed by atoms with E-state index in [9.17, 15) is 0 Å². The van der Waals surface area contributed by atoms with Gasteiger partial charge in [0.05, 0.1) is 6.33 Å². The maximum Gasteiger partial charge on any atom is 0.191 e. The highest BCUT2D eigenvalue weighted by Gasteiger charge is 2.04. The van der Waals surface area contributed by atoms with Crippen LogP contribution in [0.4, 0.5) is 0 Å². The monoisotopic (exact) mass is 351 g/mol. The van der Waals surface area contributed by atoms with Crippen molar-refractivity contribution in [2.45, 2.75) is 45.2 Å². The van der Waals surface area contributed by atoms with Crippen LogP contribution in [0.5, 0.6) is 0 Å². The van der Waals surface area contributed by atoms with Crippen LogP contribution in [0, 0.1) is 0 Å². The van der Waals surface area contributed by atoms with Crippen LogP contribution in [0.1, 0.15) is 43.2 Å². The summed E-state index contributed by atoms with van der Waals surface area (Å²) in [6.45, 7) is 2.57. The second-order valence-electron chi connectivity index (χ2n) is 6.76. The quantitative estimate of drug-likeness (QED) is 0.456. The number of hydrogen-bond donors (Lipinski definition) is 2. The topological polar surface area (TPSA) is 54.2 Å². The van der Waals surface area contributed by atoms with Gasteiger partial charge in [-0.3, -0.25) is 4.99 Å². The number of benzene rings is 1. The van der Waals surface area contributed by atoms with Crippen molar-refractivity contribution in [3.8, 4) is 0 Å². The fourth-order valence-electron chi connectivity index (χ4n) is 3.23. The summed E-state index contributed by atoms with van der Waals surface area (Å²) in [6, 6.07) is 8.67. The molecule has 1 aromatic heterocycles. The van der Waals surface area contributed by atoms with Crippen LogP contribution in [0.3, 0.4) is 0 Å². The van der Waals surface area contributed by atoms with E-state index in [0.717, 1.165) is 32.0 Å². The van der Waals surface area contributed by atoms with E-state index in [4.69, 9.17) is 0 Å². The number of rotatable bonds is 7. The summed E-state index contributed by atoms with van der Waals surface area (Å²) in [7, 11) is 1.82. The van der Waals surface area contributed by atoms with E-state index in [1.165, 1.54) is 36.8 Å². The van der Waals surface area contributed by atoms with Gasteiger partial charge >= 0.3 is 0 Å². The molecule has 1 aliphatic carbocycles. The molecule has 0 saturated heterocycles. The lowest BCUT2D eigenvalue weighted by Gasteiger charge is -2.15. The van der Waals surface area contributed by atoms with Gasteiger partial charge in [-0.05, 0) is 43.2 Å². The van der Waals surface area contributed by atoms with Crippen LogP contribution in [0.15, 0.2) is 59.6 Å². The molecule has 0 aliphatic heterocycles. The zero-order chi connectivity index (χ0) is 18.0. The van der Waals surface area contributed by atoms with Gasteiger partial charge in [0.1, 0.15) is 0 Å². The highest BCUT2D eigenvalue weighted by molar-refractivity contribution is 5.79. The lowest BCUT2D eigenvalue weighted by atomic mass is 9.97. The first kappa shape index (κ1) is 18.2. The number of aromatic nitrogens is 2. The molecule has 0 spiro atoms. The third-order valence-corrected chi connectivity index (χ3v) is 4.75. The third kappa shape index (κ3) is 5.76. The Balaban J connectivity index is 1.40. The maximum absolute atomic E-state index is 4.32. The smallest absolute Gasteiger partial charge is 0.191 e. The van der Waals surface area contributed by atoms with Gasteiger partial charge in [0, 0.05) is 39.1 Å². The van der Waals surface area contributed by atoms with E-state index < -0.39 is 0 Å². The van der Waals surface area contributed by atoms with Crippen molar-refractivity contribution in [2.24, 2.45) is 4.99 Å². The van der Waals surface area contributed by atoms with E-state index in [-0.39, 0.29) is 0 Å². The number of hydrogen-bond acceptors (Lipinski definition) is 2. The summed E-state index contributed by atoms with van der Waals surface area (Å²) >= 11 is 0. The number of nitrogens with zero attached hydrogens (tertiary/aromatic N) is 3. The molecule has 1 aromatic carbocycles. The molecular weight excluding hydrogens is 322 g/mol. The van der Waals surface area contributed by atoms with Gasteiger partial charge in [0.2, 0.25) is 0 Å². The molecule has 0 radical (unpaired) electrons. The fraction of sp³-hybridized carbons (Fsp3) is 0.429. The predicted molar refractivity (Wildman–Crippen MR) is 107 cm³/mol. The molecule has 0 fully saturated rings. The molecule has 3 rings (SSSR count). The van der Waals surface area contributed by atoms with Gasteiger partial charge in [-0.1, -0.05) is 35.9 Å². The highest BCUT2D eigenvalue weighted by atomic mass is 15.2. The standard InChI is InChI=1S/C21H29N5/c1-22-21(24-12-11-18-5-3-2-4-6-18)25-15-19-7-9-20(10-8-19)16-26-14-13-23-17-26/h5,7-10,13-14,17H,2-4,6,11-12,15-16H2,1H3,(H2,22,24,25). The minimum Gasteiger partial charge on any atom is -0.356 e. The zero-order valence-corrected chi connectivity index (χ0v) is 15.6. The second kappa shape index (κ2) is 9.80. The van der Waals surface area contributed by atoms with Gasteiger partial charge in [0.25, 0.3) is 0 Å². The van der Waals surface area contributed by atoms with E-state index >= 15 is 0 Å². The molecule has 2 aromatic rings. The Hall–Kier alpha value is -2.56. The summed E-state index contributed by atoms with van der Waals surface area (Å²) in [5.74, 6) is 0.865. The number of guanidine groups is 1. The lowest BCUT2D eigenvalue weighted by molar-refractivity contribution is 0.665. The van der Waals surface area contributed by atoms with Crippen molar-refractivity contribution in [1.82, 2.24) is 20.2 Å². The van der Waals surface area contributed by atoms with Crippen molar-refractivity contribution in [2.75, 3.05) is 13.6 Å². The van der Waals surface area contributed by atoms with E-state index in [1.54, 1.807) is 5.57 Å². The van der Waals surface area contributed by atoms with Crippen molar-refractivity contribution >= 4 is 5.96 Å². The number of nitrogens with one attached hydrogen (secondary N) is 2. The van der Waals surface area contributed by atoms with Crippen LogP contribution in [-0.2, 0) is 13.1 Å². The molecular formula is C21H29N5. The summed E-state index contributed by atoms with van der Waals surface area (Å²) in [6.07, 6.45) is 14.4. The molecule has 1 heterocycles. The van der Waals surface area contributed by atoms with Crippen LogP contribution >= 0.6 is 0 Å². The Bertz CT molecular complexity index is 713. The Morgan fingerprint density at radius 2 is 2.00 bits per heavy atom. The zero-order valence-electron chi connectivity index (χ0n) is 15.6. The molecule has 5 heteroatoms.